The van der Waals surface area contributed by atoms with Gasteiger partial charge in [-0.2, -0.15) is 0 Å². The molecule has 3 aromatic carbocycles. The van der Waals surface area contributed by atoms with Gasteiger partial charge in [0.1, 0.15) is 24.5 Å². The van der Waals surface area contributed by atoms with Crippen LogP contribution in [-0.4, -0.2) is 37.7 Å². The molecule has 8 nitrogen and oxygen atoms in total. The zero-order chi connectivity index (χ0) is 27.2. The molecule has 1 saturated heterocycles. The van der Waals surface area contributed by atoms with Crippen molar-refractivity contribution in [3.63, 3.8) is 0 Å². The van der Waals surface area contributed by atoms with Gasteiger partial charge in [-0.1, -0.05) is 28.1 Å². The van der Waals surface area contributed by atoms with Crippen molar-refractivity contribution in [3.8, 4) is 17.2 Å². The highest BCUT2D eigenvalue weighted by molar-refractivity contribution is 9.10. The second-order valence-corrected chi connectivity index (χ2v) is 9.43. The fourth-order valence-electron chi connectivity index (χ4n) is 3.77. The summed E-state index contributed by atoms with van der Waals surface area (Å²) in [6.07, 6.45) is 1.42. The van der Waals surface area contributed by atoms with Gasteiger partial charge in [-0.15, -0.1) is 0 Å². The number of nitrogens with zero attached hydrogens (tertiary/aromatic N) is 1. The number of carbonyl (C=O) groups is 3. The van der Waals surface area contributed by atoms with Crippen LogP contribution in [0.2, 0.25) is 0 Å². The molecule has 9 heteroatoms. The van der Waals surface area contributed by atoms with Gasteiger partial charge in [0, 0.05) is 4.47 Å². The standard InChI is InChI=1S/C29H27BrN2O6/c1-4-36-26-17-20(6-12-25(26)38-14-13-37-23-11-5-18(2)19(3)15-23)16-24-27(33)31-29(35)32(28(24)34)22-9-7-21(30)8-10-22/h5-12,15-17H,4,13-14H2,1-3H3,(H,31,33,35). The topological polar surface area (TPSA) is 94.2 Å². The molecule has 0 saturated carbocycles. The number of anilines is 1. The maximum atomic E-state index is 13.1. The molecule has 38 heavy (non-hydrogen) atoms. The number of imide groups is 2. The van der Waals surface area contributed by atoms with Crippen molar-refractivity contribution in [2.75, 3.05) is 24.7 Å². The van der Waals surface area contributed by atoms with Gasteiger partial charge in [0.25, 0.3) is 11.8 Å². The molecule has 0 radical (unpaired) electrons. The molecular formula is C29H27BrN2O6. The second-order valence-electron chi connectivity index (χ2n) is 8.52. The molecule has 1 heterocycles. The largest absolute Gasteiger partial charge is 0.490 e. The van der Waals surface area contributed by atoms with Crippen LogP contribution in [0.3, 0.4) is 0 Å². The first kappa shape index (κ1) is 26.9. The van der Waals surface area contributed by atoms with Gasteiger partial charge in [-0.25, -0.2) is 9.69 Å². The Hall–Kier alpha value is -4.11. The number of urea groups is 1. The lowest BCUT2D eigenvalue weighted by Gasteiger charge is -2.26. The van der Waals surface area contributed by atoms with E-state index in [2.05, 4.69) is 21.2 Å². The minimum absolute atomic E-state index is 0.176. The molecule has 0 atom stereocenters. The Morgan fingerprint density at radius 1 is 0.842 bits per heavy atom. The molecule has 196 valence electrons. The highest BCUT2D eigenvalue weighted by Gasteiger charge is 2.36. The van der Waals surface area contributed by atoms with E-state index in [4.69, 9.17) is 14.2 Å². The molecule has 0 aliphatic carbocycles. The number of hydrogen-bond donors (Lipinski definition) is 1. The van der Waals surface area contributed by atoms with Gasteiger partial charge in [0.15, 0.2) is 11.5 Å². The summed E-state index contributed by atoms with van der Waals surface area (Å²) in [5.74, 6) is 0.245. The maximum absolute atomic E-state index is 13.1. The molecule has 1 aliphatic rings. The van der Waals surface area contributed by atoms with E-state index in [0.717, 1.165) is 20.7 Å². The Balaban J connectivity index is 1.49. The van der Waals surface area contributed by atoms with Crippen LogP contribution in [0.25, 0.3) is 6.08 Å². The first-order chi connectivity index (χ1) is 18.3. The number of benzene rings is 3. The number of ether oxygens (including phenoxy) is 3. The molecule has 0 unspecified atom stereocenters. The van der Waals surface area contributed by atoms with Crippen LogP contribution in [0.4, 0.5) is 10.5 Å². The van der Waals surface area contributed by atoms with Crippen molar-refractivity contribution in [2.24, 2.45) is 0 Å². The van der Waals surface area contributed by atoms with Crippen molar-refractivity contribution in [1.82, 2.24) is 5.32 Å². The molecular weight excluding hydrogens is 552 g/mol. The first-order valence-corrected chi connectivity index (χ1v) is 12.8. The van der Waals surface area contributed by atoms with E-state index in [0.29, 0.717) is 42.6 Å². The van der Waals surface area contributed by atoms with Gasteiger partial charge in [0.2, 0.25) is 0 Å². The number of rotatable bonds is 9. The van der Waals surface area contributed by atoms with E-state index < -0.39 is 17.8 Å². The Kier molecular flexibility index (Phi) is 8.48. The van der Waals surface area contributed by atoms with Crippen LogP contribution in [0, 0.1) is 13.8 Å². The summed E-state index contributed by atoms with van der Waals surface area (Å²) in [5, 5.41) is 2.23. The maximum Gasteiger partial charge on any atom is 0.335 e. The summed E-state index contributed by atoms with van der Waals surface area (Å²) in [5.41, 5.74) is 3.06. The molecule has 4 rings (SSSR count). The number of barbiturate groups is 1. The third-order valence-electron chi connectivity index (χ3n) is 5.85. The fourth-order valence-corrected chi connectivity index (χ4v) is 4.03. The Bertz CT molecular complexity index is 1400. The van der Waals surface area contributed by atoms with E-state index in [1.807, 2.05) is 39.0 Å². The van der Waals surface area contributed by atoms with Gasteiger partial charge in [0.05, 0.1) is 12.3 Å². The predicted octanol–water partition coefficient (Wildman–Crippen LogP) is 5.59. The lowest BCUT2D eigenvalue weighted by molar-refractivity contribution is -0.122. The van der Waals surface area contributed by atoms with E-state index in [1.54, 1.807) is 42.5 Å². The van der Waals surface area contributed by atoms with Gasteiger partial charge in [-0.05, 0) is 92.1 Å². The molecule has 3 aromatic rings. The number of aryl methyl sites for hydroxylation is 2. The molecule has 1 aliphatic heterocycles. The number of hydrogen-bond acceptors (Lipinski definition) is 6. The Labute approximate surface area is 229 Å². The van der Waals surface area contributed by atoms with Crippen LogP contribution in [0.5, 0.6) is 17.2 Å². The highest BCUT2D eigenvalue weighted by Crippen LogP contribution is 2.30. The average Bonchev–Trinajstić information content (AvgIpc) is 2.88. The highest BCUT2D eigenvalue weighted by atomic mass is 79.9. The zero-order valence-corrected chi connectivity index (χ0v) is 22.8. The second kappa shape index (κ2) is 12.0. The lowest BCUT2D eigenvalue weighted by atomic mass is 10.1. The molecule has 4 amide bonds. The van der Waals surface area contributed by atoms with E-state index >= 15 is 0 Å². The first-order valence-electron chi connectivity index (χ1n) is 12.0. The molecule has 0 spiro atoms. The summed E-state index contributed by atoms with van der Waals surface area (Å²) < 4.78 is 18.2. The van der Waals surface area contributed by atoms with Crippen molar-refractivity contribution in [3.05, 3.63) is 87.4 Å². The van der Waals surface area contributed by atoms with Crippen LogP contribution in [0.1, 0.15) is 23.6 Å². The van der Waals surface area contributed by atoms with E-state index in [1.165, 1.54) is 11.6 Å². The minimum atomic E-state index is -0.804. The van der Waals surface area contributed by atoms with Crippen molar-refractivity contribution in [2.45, 2.75) is 20.8 Å². The number of carbonyl (C=O) groups excluding carboxylic acids is 3. The third-order valence-corrected chi connectivity index (χ3v) is 6.38. The predicted molar refractivity (Wildman–Crippen MR) is 148 cm³/mol. The Morgan fingerprint density at radius 2 is 1.58 bits per heavy atom. The van der Waals surface area contributed by atoms with E-state index in [9.17, 15) is 14.4 Å². The number of amides is 4. The number of nitrogens with one attached hydrogen (secondary N) is 1. The third kappa shape index (κ3) is 6.23. The SMILES string of the molecule is CCOc1cc(C=C2C(=O)NC(=O)N(c3ccc(Br)cc3)C2=O)ccc1OCCOc1ccc(C)c(C)c1. The minimum Gasteiger partial charge on any atom is -0.490 e. The smallest absolute Gasteiger partial charge is 0.335 e. The average molecular weight is 579 g/mol. The molecule has 0 aromatic heterocycles. The zero-order valence-electron chi connectivity index (χ0n) is 21.2. The summed E-state index contributed by atoms with van der Waals surface area (Å²) in [6, 6.07) is 16.8. The van der Waals surface area contributed by atoms with Crippen LogP contribution >= 0.6 is 15.9 Å². The molecule has 0 bridgehead atoms. The van der Waals surface area contributed by atoms with Crippen molar-refractivity contribution >= 4 is 45.5 Å². The lowest BCUT2D eigenvalue weighted by Crippen LogP contribution is -2.54. The summed E-state index contributed by atoms with van der Waals surface area (Å²) in [4.78, 5) is 39.0. The Morgan fingerprint density at radius 3 is 2.29 bits per heavy atom. The normalized spacial score (nSPS) is 14.5. The van der Waals surface area contributed by atoms with Crippen LogP contribution < -0.4 is 24.4 Å². The number of halogens is 1. The van der Waals surface area contributed by atoms with Gasteiger partial charge >= 0.3 is 6.03 Å². The monoisotopic (exact) mass is 578 g/mol. The quantitative estimate of drug-likeness (QED) is 0.202. The van der Waals surface area contributed by atoms with E-state index in [-0.39, 0.29) is 5.57 Å². The fraction of sp³-hybridized carbons (Fsp3) is 0.207. The van der Waals surface area contributed by atoms with Gasteiger partial charge in [-0.3, -0.25) is 14.9 Å². The van der Waals surface area contributed by atoms with Gasteiger partial charge < -0.3 is 14.2 Å². The molecule has 1 fully saturated rings. The summed E-state index contributed by atoms with van der Waals surface area (Å²) in [7, 11) is 0. The summed E-state index contributed by atoms with van der Waals surface area (Å²) in [6.45, 7) is 6.95. The van der Waals surface area contributed by atoms with Crippen LogP contribution in [0.15, 0.2) is 70.7 Å². The van der Waals surface area contributed by atoms with Crippen molar-refractivity contribution in [1.29, 1.82) is 0 Å². The molecule has 1 N–H and O–H groups in total. The summed E-state index contributed by atoms with van der Waals surface area (Å²) >= 11 is 3.33. The van der Waals surface area contributed by atoms with Crippen LogP contribution in [-0.2, 0) is 9.59 Å². The van der Waals surface area contributed by atoms with Crippen molar-refractivity contribution < 1.29 is 28.6 Å².